The van der Waals surface area contributed by atoms with E-state index in [1.165, 1.54) is 0 Å². The molecule has 38 heavy (non-hydrogen) atoms. The van der Waals surface area contributed by atoms with Gasteiger partial charge in [0.1, 0.15) is 5.84 Å². The summed E-state index contributed by atoms with van der Waals surface area (Å²) in [7, 11) is 1.94. The predicted octanol–water partition coefficient (Wildman–Crippen LogP) is 5.45. The lowest BCUT2D eigenvalue weighted by Gasteiger charge is -2.27. The quantitative estimate of drug-likeness (QED) is 0.469. The summed E-state index contributed by atoms with van der Waals surface area (Å²) in [6.45, 7) is 11.5. The second-order valence-electron chi connectivity index (χ2n) is 11.5. The summed E-state index contributed by atoms with van der Waals surface area (Å²) in [6, 6.07) is 7.91. The third-order valence-electron chi connectivity index (χ3n) is 7.80. The van der Waals surface area contributed by atoms with E-state index in [4.69, 9.17) is 14.9 Å². The largest absolute Gasteiger partial charge is 0.490 e. The molecule has 1 saturated carbocycles. The van der Waals surface area contributed by atoms with Crippen LogP contribution in [0.2, 0.25) is 0 Å². The minimum atomic E-state index is -0.583. The van der Waals surface area contributed by atoms with E-state index in [9.17, 15) is 4.79 Å². The number of likely N-dealkylation sites (N-methyl/N-ethyl adjacent to an activating group) is 1. The summed E-state index contributed by atoms with van der Waals surface area (Å²) in [5.74, 6) is -0.137. The number of fused-ring (bicyclic) bond motifs is 2. The van der Waals surface area contributed by atoms with Gasteiger partial charge in [-0.2, -0.15) is 5.10 Å². The second kappa shape index (κ2) is 9.40. The first-order valence-electron chi connectivity index (χ1n) is 13.4. The van der Waals surface area contributed by atoms with Gasteiger partial charge < -0.3 is 14.4 Å². The van der Waals surface area contributed by atoms with Crippen molar-refractivity contribution in [2.24, 2.45) is 5.10 Å². The fourth-order valence-electron chi connectivity index (χ4n) is 5.59. The molecule has 3 aliphatic rings. The Hall–Kier alpha value is -3.42. The standard InChI is InChI=1S/C30H37FN4O3/c1-7-37-24-14-22-25(26(31)27(24)38-8-2)28(32)35(30(22)9-10-30)17-23(36)19-11-18(20-15-33-34(6)16-20)12-21(13-19)29(3,4)5/h11-15,20,32H,7-10,16-17H2,1-6H3. The summed E-state index contributed by atoms with van der Waals surface area (Å²) in [5, 5.41) is 15.2. The Kier molecular flexibility index (Phi) is 6.48. The van der Waals surface area contributed by atoms with Gasteiger partial charge in [0.2, 0.25) is 0 Å². The lowest BCUT2D eigenvalue weighted by molar-refractivity contribution is 0.0943. The SMILES string of the molecule is CCOc1cc2c(c(F)c1OCC)C(=N)N(CC(=O)c1cc(C3C=NN(C)C3)cc(C(C)(C)C)c1)C21CC1. The highest BCUT2D eigenvalue weighted by Crippen LogP contribution is 2.58. The van der Waals surface area contributed by atoms with Gasteiger partial charge in [0.05, 0.1) is 30.9 Å². The summed E-state index contributed by atoms with van der Waals surface area (Å²) >= 11 is 0. The maximum Gasteiger partial charge on any atom is 0.197 e. The van der Waals surface area contributed by atoms with Crippen molar-refractivity contribution in [3.05, 3.63) is 57.9 Å². The number of nitrogens with zero attached hydrogens (tertiary/aromatic N) is 3. The highest BCUT2D eigenvalue weighted by Gasteiger charge is 2.58. The first-order chi connectivity index (χ1) is 18.0. The molecule has 8 heteroatoms. The normalized spacial score (nSPS) is 19.3. The van der Waals surface area contributed by atoms with Crippen LogP contribution in [0.4, 0.5) is 4.39 Å². The van der Waals surface area contributed by atoms with Crippen molar-refractivity contribution in [1.82, 2.24) is 9.91 Å². The third kappa shape index (κ3) is 4.33. The molecule has 1 fully saturated rings. The highest BCUT2D eigenvalue weighted by molar-refractivity contribution is 6.07. The summed E-state index contributed by atoms with van der Waals surface area (Å²) in [5.41, 5.74) is 2.99. The van der Waals surface area contributed by atoms with Crippen LogP contribution in [0, 0.1) is 11.2 Å². The monoisotopic (exact) mass is 520 g/mol. The van der Waals surface area contributed by atoms with Crippen molar-refractivity contribution in [2.45, 2.75) is 64.3 Å². The third-order valence-corrected chi connectivity index (χ3v) is 7.80. The van der Waals surface area contributed by atoms with Gasteiger partial charge in [-0.15, -0.1) is 0 Å². The van der Waals surface area contributed by atoms with Crippen LogP contribution >= 0.6 is 0 Å². The molecule has 2 aromatic rings. The topological polar surface area (TPSA) is 78.2 Å². The van der Waals surface area contributed by atoms with Gasteiger partial charge in [-0.1, -0.05) is 26.8 Å². The van der Waals surface area contributed by atoms with E-state index in [0.29, 0.717) is 23.5 Å². The van der Waals surface area contributed by atoms with Gasteiger partial charge in [-0.3, -0.25) is 15.2 Å². The number of nitrogens with one attached hydrogen (secondary N) is 1. The summed E-state index contributed by atoms with van der Waals surface area (Å²) in [6.07, 6.45) is 3.44. The zero-order valence-corrected chi connectivity index (χ0v) is 23.2. The number of hydrogen-bond acceptors (Lipinski definition) is 6. The molecule has 1 atom stereocenters. The van der Waals surface area contributed by atoms with Crippen LogP contribution in [-0.4, -0.2) is 61.1 Å². The van der Waals surface area contributed by atoms with Gasteiger partial charge in [0.15, 0.2) is 23.1 Å². The van der Waals surface area contributed by atoms with E-state index in [0.717, 1.165) is 30.5 Å². The molecule has 0 amide bonds. The molecule has 1 unspecified atom stereocenters. The Bertz CT molecular complexity index is 1330. The Morgan fingerprint density at radius 1 is 1.16 bits per heavy atom. The number of carbonyl (C=O) groups excluding carboxylic acids is 1. The number of ketones is 1. The van der Waals surface area contributed by atoms with Crippen LogP contribution < -0.4 is 9.47 Å². The number of halogens is 1. The minimum Gasteiger partial charge on any atom is -0.490 e. The number of amidine groups is 1. The van der Waals surface area contributed by atoms with Crippen LogP contribution in [0.15, 0.2) is 29.4 Å². The van der Waals surface area contributed by atoms with Crippen molar-refractivity contribution < 1.29 is 18.7 Å². The molecule has 2 aliphatic heterocycles. The first kappa shape index (κ1) is 26.2. The van der Waals surface area contributed by atoms with Gasteiger partial charge in [0.25, 0.3) is 0 Å². The number of carbonyl (C=O) groups is 1. The molecule has 1 N–H and O–H groups in total. The van der Waals surface area contributed by atoms with Gasteiger partial charge in [0, 0.05) is 31.3 Å². The molecular formula is C30H37FN4O3. The molecular weight excluding hydrogens is 483 g/mol. The zero-order valence-electron chi connectivity index (χ0n) is 23.2. The molecule has 7 nitrogen and oxygen atoms in total. The van der Waals surface area contributed by atoms with E-state index in [1.807, 2.05) is 43.4 Å². The van der Waals surface area contributed by atoms with Crippen molar-refractivity contribution in [2.75, 3.05) is 33.4 Å². The maximum absolute atomic E-state index is 15.8. The average Bonchev–Trinajstić information content (AvgIpc) is 3.50. The van der Waals surface area contributed by atoms with Crippen molar-refractivity contribution >= 4 is 17.8 Å². The molecule has 0 aromatic heterocycles. The first-order valence-corrected chi connectivity index (χ1v) is 13.4. The Morgan fingerprint density at radius 2 is 1.87 bits per heavy atom. The summed E-state index contributed by atoms with van der Waals surface area (Å²) < 4.78 is 27.1. The fraction of sp³-hybridized carbons (Fsp3) is 0.500. The molecule has 1 spiro atoms. The molecule has 2 heterocycles. The van der Waals surface area contributed by atoms with Crippen molar-refractivity contribution in [3.63, 3.8) is 0 Å². The Labute approximate surface area is 224 Å². The van der Waals surface area contributed by atoms with E-state index in [2.05, 4.69) is 31.9 Å². The van der Waals surface area contributed by atoms with Crippen LogP contribution in [0.5, 0.6) is 11.5 Å². The van der Waals surface area contributed by atoms with Crippen LogP contribution in [0.1, 0.15) is 86.0 Å². The molecule has 5 rings (SSSR count). The molecule has 0 bridgehead atoms. The maximum atomic E-state index is 15.8. The van der Waals surface area contributed by atoms with Crippen molar-refractivity contribution in [1.29, 1.82) is 5.41 Å². The zero-order chi connectivity index (χ0) is 27.4. The average molecular weight is 521 g/mol. The lowest BCUT2D eigenvalue weighted by atomic mass is 9.83. The van der Waals surface area contributed by atoms with E-state index >= 15 is 4.39 Å². The number of benzene rings is 2. The van der Waals surface area contributed by atoms with Gasteiger partial charge in [-0.05, 0) is 67.0 Å². The molecule has 202 valence electrons. The number of Topliss-reactive ketones (excluding diaryl/α,β-unsaturated/α-hetero) is 1. The molecule has 2 aromatic carbocycles. The number of hydrazone groups is 1. The number of hydrogen-bond donors (Lipinski definition) is 1. The van der Waals surface area contributed by atoms with E-state index in [-0.39, 0.29) is 47.4 Å². The number of ether oxygens (including phenoxy) is 2. The minimum absolute atomic E-state index is 0.00653. The smallest absolute Gasteiger partial charge is 0.197 e. The van der Waals surface area contributed by atoms with E-state index in [1.54, 1.807) is 11.8 Å². The Morgan fingerprint density at radius 3 is 2.45 bits per heavy atom. The van der Waals surface area contributed by atoms with E-state index < -0.39 is 11.4 Å². The molecule has 0 saturated heterocycles. The summed E-state index contributed by atoms with van der Waals surface area (Å²) in [4.78, 5) is 15.6. The van der Waals surface area contributed by atoms with Crippen molar-refractivity contribution in [3.8, 4) is 11.5 Å². The fourth-order valence-corrected chi connectivity index (χ4v) is 5.59. The van der Waals surface area contributed by atoms with Crippen LogP contribution in [0.25, 0.3) is 0 Å². The predicted molar refractivity (Wildman–Crippen MR) is 147 cm³/mol. The number of rotatable bonds is 8. The molecule has 1 aliphatic carbocycles. The Balaban J connectivity index is 1.50. The van der Waals surface area contributed by atoms with Crippen LogP contribution in [-0.2, 0) is 11.0 Å². The lowest BCUT2D eigenvalue weighted by Crippen LogP contribution is -2.38. The second-order valence-corrected chi connectivity index (χ2v) is 11.5. The van der Waals surface area contributed by atoms with Crippen LogP contribution in [0.3, 0.4) is 0 Å². The highest BCUT2D eigenvalue weighted by atomic mass is 19.1. The van der Waals surface area contributed by atoms with Gasteiger partial charge >= 0.3 is 0 Å². The van der Waals surface area contributed by atoms with Gasteiger partial charge in [-0.25, -0.2) is 4.39 Å². The molecule has 0 radical (unpaired) electrons.